The van der Waals surface area contributed by atoms with Gasteiger partial charge in [-0.25, -0.2) is 0 Å². The molecule has 0 fully saturated rings. The Labute approximate surface area is 160 Å². The lowest BCUT2D eigenvalue weighted by Crippen LogP contribution is -2.09. The molecule has 0 amide bonds. The smallest absolute Gasteiger partial charge is 0.389 e. The number of alkyl halides is 3. The van der Waals surface area contributed by atoms with Crippen LogP contribution >= 0.6 is 0 Å². The normalized spacial score (nSPS) is 11.6. The van der Waals surface area contributed by atoms with Crippen LogP contribution in [0.1, 0.15) is 57.4 Å². The maximum absolute atomic E-state index is 12.1. The average Bonchev–Trinajstić information content (AvgIpc) is 2.65. The molecule has 0 N–H and O–H groups in total. The van der Waals surface area contributed by atoms with Gasteiger partial charge < -0.3 is 4.74 Å². The van der Waals surface area contributed by atoms with Gasteiger partial charge in [0.25, 0.3) is 0 Å². The zero-order valence-electron chi connectivity index (χ0n) is 16.0. The van der Waals surface area contributed by atoms with Crippen LogP contribution < -0.4 is 4.74 Å². The highest BCUT2D eigenvalue weighted by Crippen LogP contribution is 2.24. The van der Waals surface area contributed by atoms with Crippen LogP contribution in [0.3, 0.4) is 0 Å². The van der Waals surface area contributed by atoms with Crippen LogP contribution in [-0.2, 0) is 6.42 Å². The summed E-state index contributed by atoms with van der Waals surface area (Å²) in [6.45, 7) is 2.30. The van der Waals surface area contributed by atoms with Crippen molar-refractivity contribution in [2.45, 2.75) is 64.5 Å². The van der Waals surface area contributed by atoms with E-state index >= 15 is 0 Å². The van der Waals surface area contributed by atoms with Crippen LogP contribution in [0.15, 0.2) is 48.5 Å². The van der Waals surface area contributed by atoms with Crippen molar-refractivity contribution in [2.75, 3.05) is 6.61 Å². The maximum atomic E-state index is 12.1. The van der Waals surface area contributed by atoms with Crippen LogP contribution in [0.5, 0.6) is 5.75 Å². The van der Waals surface area contributed by atoms with Crippen molar-refractivity contribution in [2.24, 2.45) is 0 Å². The highest BCUT2D eigenvalue weighted by molar-refractivity contribution is 5.64. The summed E-state index contributed by atoms with van der Waals surface area (Å²) in [7, 11) is 0. The van der Waals surface area contributed by atoms with Gasteiger partial charge in [-0.3, -0.25) is 0 Å². The minimum absolute atomic E-state index is 0.0227. The molecule has 0 aromatic heterocycles. The molecule has 0 spiro atoms. The zero-order chi connectivity index (χ0) is 19.5. The van der Waals surface area contributed by atoms with Crippen LogP contribution in [0, 0.1) is 0 Å². The van der Waals surface area contributed by atoms with Crippen LogP contribution in [-0.4, -0.2) is 12.8 Å². The van der Waals surface area contributed by atoms with Crippen LogP contribution in [0.4, 0.5) is 13.2 Å². The van der Waals surface area contributed by atoms with Gasteiger partial charge in [0.15, 0.2) is 0 Å². The lowest BCUT2D eigenvalue weighted by Gasteiger charge is -2.09. The molecule has 0 aliphatic rings. The highest BCUT2D eigenvalue weighted by Gasteiger charge is 2.26. The van der Waals surface area contributed by atoms with Crippen molar-refractivity contribution >= 4 is 0 Å². The second-order valence-electron chi connectivity index (χ2n) is 6.95. The van der Waals surface area contributed by atoms with E-state index in [0.29, 0.717) is 5.75 Å². The molecule has 0 aliphatic heterocycles. The van der Waals surface area contributed by atoms with Gasteiger partial charge in [0.2, 0.25) is 0 Å². The van der Waals surface area contributed by atoms with E-state index in [1.807, 2.05) is 24.3 Å². The molecule has 1 nitrogen and oxygen atoms in total. The van der Waals surface area contributed by atoms with Gasteiger partial charge in [0.05, 0.1) is 6.61 Å². The van der Waals surface area contributed by atoms with Gasteiger partial charge in [-0.2, -0.15) is 13.2 Å². The van der Waals surface area contributed by atoms with Gasteiger partial charge in [-0.05, 0) is 48.1 Å². The van der Waals surface area contributed by atoms with Gasteiger partial charge in [0, 0.05) is 6.42 Å². The van der Waals surface area contributed by atoms with Gasteiger partial charge >= 0.3 is 6.18 Å². The number of hydrogen-bond donors (Lipinski definition) is 0. The lowest BCUT2D eigenvalue weighted by atomic mass is 10.0. The van der Waals surface area contributed by atoms with E-state index in [-0.39, 0.29) is 13.0 Å². The van der Waals surface area contributed by atoms with Crippen molar-refractivity contribution in [3.05, 3.63) is 54.1 Å². The summed E-state index contributed by atoms with van der Waals surface area (Å²) in [5.41, 5.74) is 3.57. The quantitative estimate of drug-likeness (QED) is 0.366. The van der Waals surface area contributed by atoms with E-state index in [0.717, 1.165) is 17.5 Å². The monoisotopic (exact) mass is 378 g/mol. The molecule has 0 unspecified atom stereocenters. The molecule has 2 aromatic rings. The number of rotatable bonds is 11. The van der Waals surface area contributed by atoms with Crippen LogP contribution in [0.2, 0.25) is 0 Å². The van der Waals surface area contributed by atoms with E-state index in [9.17, 15) is 13.2 Å². The van der Waals surface area contributed by atoms with Crippen molar-refractivity contribution in [3.8, 4) is 16.9 Å². The Kier molecular flexibility index (Phi) is 8.70. The Morgan fingerprint density at radius 3 is 1.93 bits per heavy atom. The Morgan fingerprint density at radius 2 is 1.33 bits per heavy atom. The summed E-state index contributed by atoms with van der Waals surface area (Å²) in [5.74, 6) is 0.602. The summed E-state index contributed by atoms with van der Waals surface area (Å²) < 4.78 is 41.7. The molecule has 0 radical (unpaired) electrons. The predicted molar refractivity (Wildman–Crippen MR) is 105 cm³/mol. The molecule has 0 bridgehead atoms. The summed E-state index contributed by atoms with van der Waals surface area (Å²) in [6, 6.07) is 16.1. The largest absolute Gasteiger partial charge is 0.494 e. The fourth-order valence-corrected chi connectivity index (χ4v) is 3.00. The predicted octanol–water partition coefficient (Wildman–Crippen LogP) is 7.59. The maximum Gasteiger partial charge on any atom is 0.389 e. The molecule has 2 rings (SSSR count). The third-order valence-electron chi connectivity index (χ3n) is 4.58. The average molecular weight is 378 g/mol. The number of ether oxygens (including phenoxy) is 1. The second kappa shape index (κ2) is 11.0. The summed E-state index contributed by atoms with van der Waals surface area (Å²) in [5, 5.41) is 0. The van der Waals surface area contributed by atoms with Gasteiger partial charge in [0.1, 0.15) is 5.75 Å². The molecule has 27 heavy (non-hydrogen) atoms. The van der Waals surface area contributed by atoms with E-state index in [2.05, 4.69) is 31.2 Å². The Morgan fingerprint density at radius 1 is 0.741 bits per heavy atom. The third-order valence-corrected chi connectivity index (χ3v) is 4.58. The summed E-state index contributed by atoms with van der Waals surface area (Å²) in [4.78, 5) is 0. The summed E-state index contributed by atoms with van der Waals surface area (Å²) in [6.07, 6.45) is 2.61. The number of unbranched alkanes of at least 4 members (excludes halogenated alkanes) is 4. The molecule has 0 atom stereocenters. The molecule has 0 heterocycles. The Bertz CT molecular complexity index is 645. The Hall–Kier alpha value is -1.97. The highest BCUT2D eigenvalue weighted by atomic mass is 19.4. The molecule has 148 valence electrons. The lowest BCUT2D eigenvalue weighted by molar-refractivity contribution is -0.136. The number of benzene rings is 2. The molecular weight excluding hydrogens is 349 g/mol. The van der Waals surface area contributed by atoms with Crippen LogP contribution in [0.25, 0.3) is 11.1 Å². The molecule has 0 saturated carbocycles. The minimum Gasteiger partial charge on any atom is -0.494 e. The number of aryl methyl sites for hydroxylation is 1. The van der Waals surface area contributed by atoms with Crippen molar-refractivity contribution in [1.82, 2.24) is 0 Å². The third kappa shape index (κ3) is 8.51. The zero-order valence-corrected chi connectivity index (χ0v) is 16.0. The number of halogens is 3. The molecule has 2 aromatic carbocycles. The first-order valence-corrected chi connectivity index (χ1v) is 9.87. The second-order valence-corrected chi connectivity index (χ2v) is 6.95. The van der Waals surface area contributed by atoms with E-state index in [4.69, 9.17) is 4.74 Å². The van der Waals surface area contributed by atoms with Crippen molar-refractivity contribution in [3.63, 3.8) is 0 Å². The first-order chi connectivity index (χ1) is 13.0. The Balaban J connectivity index is 1.78. The SMILES string of the molecule is CCCCCCCc1ccc(-c2ccc(OCCCC(F)(F)F)cc2)cc1. The van der Waals surface area contributed by atoms with Gasteiger partial charge in [-0.1, -0.05) is 69.0 Å². The van der Waals surface area contributed by atoms with Crippen molar-refractivity contribution in [1.29, 1.82) is 0 Å². The fraction of sp³-hybridized carbons (Fsp3) is 0.478. The van der Waals surface area contributed by atoms with Crippen molar-refractivity contribution < 1.29 is 17.9 Å². The summed E-state index contributed by atoms with van der Waals surface area (Å²) >= 11 is 0. The topological polar surface area (TPSA) is 9.23 Å². The van der Waals surface area contributed by atoms with E-state index in [1.165, 1.54) is 37.7 Å². The van der Waals surface area contributed by atoms with E-state index < -0.39 is 12.6 Å². The molecule has 4 heteroatoms. The van der Waals surface area contributed by atoms with E-state index in [1.54, 1.807) is 0 Å². The molecule has 0 saturated heterocycles. The standard InChI is InChI=1S/C23H29F3O/c1-2-3-4-5-6-8-19-9-11-20(12-10-19)21-13-15-22(16-14-21)27-18-7-17-23(24,25)26/h9-16H,2-8,17-18H2,1H3. The first-order valence-electron chi connectivity index (χ1n) is 9.87. The molecular formula is C23H29F3O. The van der Waals surface area contributed by atoms with Gasteiger partial charge in [-0.15, -0.1) is 0 Å². The first kappa shape index (κ1) is 21.3. The molecule has 0 aliphatic carbocycles. The number of hydrogen-bond acceptors (Lipinski definition) is 1. The minimum atomic E-state index is -4.12. The fourth-order valence-electron chi connectivity index (χ4n) is 3.00.